The summed E-state index contributed by atoms with van der Waals surface area (Å²) in [6.07, 6.45) is 0. The van der Waals surface area contributed by atoms with Crippen molar-refractivity contribution >= 4 is 16.5 Å². The lowest BCUT2D eigenvalue weighted by atomic mass is 9.91. The van der Waals surface area contributed by atoms with Crippen molar-refractivity contribution in [2.24, 2.45) is 0 Å². The van der Waals surface area contributed by atoms with Gasteiger partial charge in [0.25, 0.3) is 0 Å². The minimum Gasteiger partial charge on any atom is -0.378 e. The van der Waals surface area contributed by atoms with E-state index in [-0.39, 0.29) is 11.0 Å². The number of hydrogen-bond donors (Lipinski definition) is 1. The van der Waals surface area contributed by atoms with Gasteiger partial charge in [0.2, 0.25) is 0 Å². The summed E-state index contributed by atoms with van der Waals surface area (Å²) in [5.74, 6) is 0. The Hall–Kier alpha value is -0.650. The van der Waals surface area contributed by atoms with Gasteiger partial charge in [-0.3, -0.25) is 0 Å². The highest BCUT2D eigenvalue weighted by atomic mass is 32.1. The zero-order chi connectivity index (χ0) is 15.7. The molecule has 1 fully saturated rings. The third kappa shape index (κ3) is 4.66. The molecule has 0 saturated carbocycles. The van der Waals surface area contributed by atoms with Crippen LogP contribution in [0, 0.1) is 0 Å². The number of rotatable bonds is 3. The molecule has 4 nitrogen and oxygen atoms in total. The van der Waals surface area contributed by atoms with E-state index in [0.29, 0.717) is 0 Å². The Morgan fingerprint density at radius 2 is 1.76 bits per heavy atom. The Kier molecular flexibility index (Phi) is 4.96. The van der Waals surface area contributed by atoms with E-state index in [9.17, 15) is 0 Å². The van der Waals surface area contributed by atoms with Gasteiger partial charge < -0.3 is 15.0 Å². The Balaban J connectivity index is 2.22. The van der Waals surface area contributed by atoms with E-state index < -0.39 is 0 Å². The summed E-state index contributed by atoms with van der Waals surface area (Å²) in [5.41, 5.74) is 1.43. The van der Waals surface area contributed by atoms with Crippen LogP contribution in [0.15, 0.2) is 0 Å². The Morgan fingerprint density at radius 1 is 1.14 bits per heavy atom. The number of hydrogen-bond acceptors (Lipinski definition) is 5. The predicted molar refractivity (Wildman–Crippen MR) is 90.4 cm³/mol. The van der Waals surface area contributed by atoms with Gasteiger partial charge in [0.05, 0.1) is 18.9 Å². The maximum Gasteiger partial charge on any atom is 0.186 e. The van der Waals surface area contributed by atoms with Crippen LogP contribution in [0.3, 0.4) is 0 Å². The lowest BCUT2D eigenvalue weighted by Gasteiger charge is -2.26. The average Bonchev–Trinajstić information content (AvgIpc) is 2.81. The molecule has 21 heavy (non-hydrogen) atoms. The first-order valence-electron chi connectivity index (χ1n) is 7.75. The van der Waals surface area contributed by atoms with Gasteiger partial charge in [0, 0.05) is 35.5 Å². The molecule has 0 radical (unpaired) electrons. The molecule has 0 spiro atoms. The monoisotopic (exact) mass is 311 g/mol. The summed E-state index contributed by atoms with van der Waals surface area (Å²) in [7, 11) is 0. The van der Waals surface area contributed by atoms with E-state index in [1.165, 1.54) is 10.6 Å². The van der Waals surface area contributed by atoms with Gasteiger partial charge in [-0.1, -0.05) is 20.8 Å². The highest BCUT2D eigenvalue weighted by Gasteiger charge is 2.26. The van der Waals surface area contributed by atoms with Crippen molar-refractivity contribution in [3.05, 3.63) is 10.6 Å². The third-order valence-corrected chi connectivity index (χ3v) is 4.57. The normalized spacial score (nSPS) is 17.3. The van der Waals surface area contributed by atoms with Crippen LogP contribution in [0.1, 0.15) is 52.1 Å². The van der Waals surface area contributed by atoms with Crippen molar-refractivity contribution in [3.63, 3.8) is 0 Å². The zero-order valence-corrected chi connectivity index (χ0v) is 15.1. The highest BCUT2D eigenvalue weighted by Crippen LogP contribution is 2.34. The fourth-order valence-electron chi connectivity index (χ4n) is 2.28. The number of thiazole rings is 1. The first-order valence-corrected chi connectivity index (χ1v) is 8.56. The largest absolute Gasteiger partial charge is 0.378 e. The van der Waals surface area contributed by atoms with Crippen LogP contribution < -0.4 is 10.2 Å². The number of anilines is 1. The standard InChI is InChI=1S/C16H29N3OS/c1-15(2,3)13-12(11-17-16(4,5)6)21-14(18-13)19-7-9-20-10-8-19/h17H,7-11H2,1-6H3. The van der Waals surface area contributed by atoms with E-state index in [1.807, 2.05) is 11.3 Å². The molecule has 0 aromatic carbocycles. The van der Waals surface area contributed by atoms with Crippen LogP contribution in [0.4, 0.5) is 5.13 Å². The lowest BCUT2D eigenvalue weighted by molar-refractivity contribution is 0.122. The van der Waals surface area contributed by atoms with Crippen molar-refractivity contribution in [2.75, 3.05) is 31.2 Å². The Bertz CT molecular complexity index is 465. The van der Waals surface area contributed by atoms with Gasteiger partial charge in [-0.15, -0.1) is 11.3 Å². The van der Waals surface area contributed by atoms with Crippen LogP contribution in [0.2, 0.25) is 0 Å². The summed E-state index contributed by atoms with van der Waals surface area (Å²) in [5, 5.41) is 4.74. The van der Waals surface area contributed by atoms with E-state index in [1.54, 1.807) is 0 Å². The van der Waals surface area contributed by atoms with Crippen molar-refractivity contribution in [1.29, 1.82) is 0 Å². The smallest absolute Gasteiger partial charge is 0.186 e. The third-order valence-electron chi connectivity index (χ3n) is 3.46. The van der Waals surface area contributed by atoms with Crippen molar-refractivity contribution < 1.29 is 4.74 Å². The minimum absolute atomic E-state index is 0.0793. The van der Waals surface area contributed by atoms with E-state index in [2.05, 4.69) is 51.8 Å². The van der Waals surface area contributed by atoms with E-state index in [0.717, 1.165) is 38.0 Å². The Morgan fingerprint density at radius 3 is 2.29 bits per heavy atom. The molecule has 1 aromatic heterocycles. The molecule has 1 aliphatic heterocycles. The molecule has 0 atom stereocenters. The van der Waals surface area contributed by atoms with Crippen LogP contribution >= 0.6 is 11.3 Å². The van der Waals surface area contributed by atoms with Crippen LogP contribution in [-0.2, 0) is 16.7 Å². The number of morpholine rings is 1. The maximum absolute atomic E-state index is 5.44. The quantitative estimate of drug-likeness (QED) is 0.930. The fraction of sp³-hybridized carbons (Fsp3) is 0.812. The van der Waals surface area contributed by atoms with Gasteiger partial charge in [-0.2, -0.15) is 0 Å². The second-order valence-corrected chi connectivity index (χ2v) is 8.78. The van der Waals surface area contributed by atoms with Gasteiger partial charge in [-0.05, 0) is 20.8 Å². The van der Waals surface area contributed by atoms with E-state index in [4.69, 9.17) is 9.72 Å². The van der Waals surface area contributed by atoms with Crippen molar-refractivity contribution in [1.82, 2.24) is 10.3 Å². The first-order chi connectivity index (χ1) is 9.67. The molecule has 1 saturated heterocycles. The highest BCUT2D eigenvalue weighted by molar-refractivity contribution is 7.15. The molecule has 1 aromatic rings. The van der Waals surface area contributed by atoms with Crippen LogP contribution in [0.5, 0.6) is 0 Å². The Labute approximate surface area is 132 Å². The molecular formula is C16H29N3OS. The molecule has 1 aliphatic rings. The maximum atomic E-state index is 5.44. The minimum atomic E-state index is 0.0793. The van der Waals surface area contributed by atoms with Gasteiger partial charge in [0.15, 0.2) is 5.13 Å². The van der Waals surface area contributed by atoms with Crippen LogP contribution in [0.25, 0.3) is 0 Å². The molecule has 2 rings (SSSR count). The van der Waals surface area contributed by atoms with Gasteiger partial charge >= 0.3 is 0 Å². The van der Waals surface area contributed by atoms with Crippen LogP contribution in [-0.4, -0.2) is 36.8 Å². The van der Waals surface area contributed by atoms with Gasteiger partial charge in [0.1, 0.15) is 0 Å². The number of nitrogens with one attached hydrogen (secondary N) is 1. The SMILES string of the molecule is CC(C)(C)NCc1sc(N2CCOCC2)nc1C(C)(C)C. The van der Waals surface area contributed by atoms with Crippen molar-refractivity contribution in [2.45, 2.75) is 59.0 Å². The first kappa shape index (κ1) is 16.7. The fourth-order valence-corrected chi connectivity index (χ4v) is 3.54. The summed E-state index contributed by atoms with van der Waals surface area (Å²) < 4.78 is 5.44. The summed E-state index contributed by atoms with van der Waals surface area (Å²) in [6.45, 7) is 17.7. The van der Waals surface area contributed by atoms with E-state index >= 15 is 0 Å². The molecule has 0 unspecified atom stereocenters. The summed E-state index contributed by atoms with van der Waals surface area (Å²) >= 11 is 1.83. The molecule has 5 heteroatoms. The number of aromatic nitrogens is 1. The molecule has 0 bridgehead atoms. The molecule has 2 heterocycles. The molecular weight excluding hydrogens is 282 g/mol. The number of nitrogens with zero attached hydrogens (tertiary/aromatic N) is 2. The topological polar surface area (TPSA) is 37.4 Å². The molecule has 0 aliphatic carbocycles. The number of ether oxygens (including phenoxy) is 1. The molecule has 1 N–H and O–H groups in total. The average molecular weight is 311 g/mol. The zero-order valence-electron chi connectivity index (χ0n) is 14.2. The summed E-state index contributed by atoms with van der Waals surface area (Å²) in [6, 6.07) is 0. The van der Waals surface area contributed by atoms with Gasteiger partial charge in [-0.25, -0.2) is 4.98 Å². The van der Waals surface area contributed by atoms with Crippen molar-refractivity contribution in [3.8, 4) is 0 Å². The molecule has 120 valence electrons. The lowest BCUT2D eigenvalue weighted by Crippen LogP contribution is -2.36. The summed E-state index contributed by atoms with van der Waals surface area (Å²) in [4.78, 5) is 8.67. The molecule has 0 amide bonds. The predicted octanol–water partition coefficient (Wildman–Crippen LogP) is 3.17. The second kappa shape index (κ2) is 6.23. The second-order valence-electron chi connectivity index (χ2n) is 7.72.